The van der Waals surface area contributed by atoms with Crippen LogP contribution in [0.1, 0.15) is 95.0 Å². The lowest BCUT2D eigenvalue weighted by molar-refractivity contribution is -0.321. The van der Waals surface area contributed by atoms with Crippen LogP contribution in [0.4, 0.5) is 0 Å². The van der Waals surface area contributed by atoms with Gasteiger partial charge in [-0.25, -0.2) is 0 Å². The van der Waals surface area contributed by atoms with Crippen LogP contribution in [0, 0.1) is 0 Å². The first kappa shape index (κ1) is 28.8. The molecule has 8 rings (SSSR count). The molecule has 2 fully saturated rings. The lowest BCUT2D eigenvalue weighted by Gasteiger charge is -2.48. The molecule has 236 valence electrons. The number of aliphatic hydroxyl groups excluding tert-OH is 2. The van der Waals surface area contributed by atoms with Crippen LogP contribution in [-0.4, -0.2) is 91.0 Å². The van der Waals surface area contributed by atoms with Crippen LogP contribution in [-0.2, 0) is 14.2 Å². The summed E-state index contributed by atoms with van der Waals surface area (Å²) >= 11 is 0. The van der Waals surface area contributed by atoms with E-state index in [2.05, 4.69) is 10.3 Å². The van der Waals surface area contributed by atoms with E-state index in [1.807, 2.05) is 13.0 Å². The number of aromatic hydroxyl groups is 2. The number of ketones is 2. The van der Waals surface area contributed by atoms with E-state index >= 15 is 0 Å². The van der Waals surface area contributed by atoms with E-state index in [-0.39, 0.29) is 40.2 Å². The van der Waals surface area contributed by atoms with Gasteiger partial charge in [-0.1, -0.05) is 12.1 Å². The van der Waals surface area contributed by atoms with E-state index in [1.54, 1.807) is 0 Å². The van der Waals surface area contributed by atoms with Crippen LogP contribution in [0.25, 0.3) is 0 Å². The van der Waals surface area contributed by atoms with Crippen LogP contribution in [0.15, 0.2) is 40.9 Å². The van der Waals surface area contributed by atoms with Crippen molar-refractivity contribution in [3.05, 3.63) is 69.3 Å². The molecule has 6 unspecified atom stereocenters. The number of nitrogens with one attached hydrogen (secondary N) is 1. The zero-order valence-corrected chi connectivity index (χ0v) is 24.9. The Labute approximate surface area is 258 Å². The number of hydrogen-bond donors (Lipinski definition) is 6. The van der Waals surface area contributed by atoms with Gasteiger partial charge in [0.25, 0.3) is 0 Å². The van der Waals surface area contributed by atoms with E-state index in [0.717, 1.165) is 12.0 Å². The Bertz CT molecular complexity index is 1750. The van der Waals surface area contributed by atoms with E-state index in [1.165, 1.54) is 38.1 Å². The van der Waals surface area contributed by atoms with Gasteiger partial charge in [-0.3, -0.25) is 14.6 Å². The van der Waals surface area contributed by atoms with Gasteiger partial charge in [0.2, 0.25) is 0 Å². The predicted octanol–water partition coefficient (Wildman–Crippen LogP) is 1.84. The van der Waals surface area contributed by atoms with Gasteiger partial charge in [-0.05, 0) is 63.0 Å². The van der Waals surface area contributed by atoms with Crippen molar-refractivity contribution in [3.63, 3.8) is 0 Å². The summed E-state index contributed by atoms with van der Waals surface area (Å²) in [6, 6.07) is 5.79. The van der Waals surface area contributed by atoms with Crippen LogP contribution in [0.2, 0.25) is 0 Å². The summed E-state index contributed by atoms with van der Waals surface area (Å²) in [4.78, 5) is 32.2. The lowest BCUT2D eigenvalue weighted by atomic mass is 9.69. The van der Waals surface area contributed by atoms with Gasteiger partial charge in [0.1, 0.15) is 29.0 Å². The van der Waals surface area contributed by atoms with Crippen molar-refractivity contribution in [2.45, 2.75) is 93.6 Å². The molecular formula is C33H34N2O10. The van der Waals surface area contributed by atoms with Crippen molar-refractivity contribution in [3.8, 4) is 11.5 Å². The maximum absolute atomic E-state index is 13.8. The number of phenolic OH excluding ortho intramolecular Hbond substituents is 2. The number of amidine groups is 1. The Hall–Kier alpha value is -3.65. The van der Waals surface area contributed by atoms with E-state index in [9.17, 15) is 35.1 Å². The van der Waals surface area contributed by atoms with Crippen molar-refractivity contribution in [1.82, 2.24) is 5.32 Å². The highest BCUT2D eigenvalue weighted by atomic mass is 16.7. The van der Waals surface area contributed by atoms with Gasteiger partial charge < -0.3 is 45.1 Å². The van der Waals surface area contributed by atoms with Crippen LogP contribution < -0.4 is 5.32 Å². The Morgan fingerprint density at radius 2 is 1.91 bits per heavy atom. The Balaban J connectivity index is 1.28. The zero-order valence-electron chi connectivity index (χ0n) is 24.9. The number of carbonyl (C=O) groups excluding carboxylic acids is 2. The molecule has 1 spiro atoms. The second kappa shape index (κ2) is 9.21. The number of ether oxygens (including phenoxy) is 3. The first-order valence-electron chi connectivity index (χ1n) is 15.2. The topological polar surface area (TPSA) is 187 Å². The second-order valence-corrected chi connectivity index (χ2v) is 13.3. The molecule has 45 heavy (non-hydrogen) atoms. The molecule has 12 nitrogen and oxygen atoms in total. The largest absolute Gasteiger partial charge is 0.507 e. The number of carbonyl (C=O) groups is 2. The fourth-order valence-corrected chi connectivity index (χ4v) is 8.40. The fraction of sp³-hybridized carbons (Fsp3) is 0.485. The highest BCUT2D eigenvalue weighted by Gasteiger charge is 2.65. The summed E-state index contributed by atoms with van der Waals surface area (Å²) in [5.74, 6) is -1.69. The number of rotatable bonds is 3. The Morgan fingerprint density at radius 1 is 1.16 bits per heavy atom. The summed E-state index contributed by atoms with van der Waals surface area (Å²) in [6.45, 7) is 5.41. The Morgan fingerprint density at radius 3 is 2.62 bits per heavy atom. The van der Waals surface area contributed by atoms with Gasteiger partial charge in [0.15, 0.2) is 23.6 Å². The predicted molar refractivity (Wildman–Crippen MR) is 156 cm³/mol. The minimum absolute atomic E-state index is 0.00256. The van der Waals surface area contributed by atoms with E-state index in [4.69, 9.17) is 14.2 Å². The van der Waals surface area contributed by atoms with Gasteiger partial charge in [-0.15, -0.1) is 0 Å². The van der Waals surface area contributed by atoms with Crippen molar-refractivity contribution in [2.75, 3.05) is 6.54 Å². The number of hydrogen-bond acceptors (Lipinski definition) is 12. The number of aliphatic imine (C=N–C) groups is 1. The number of nitrogens with zero attached hydrogens (tertiary/aromatic N) is 1. The van der Waals surface area contributed by atoms with E-state index in [0.29, 0.717) is 29.9 Å². The molecule has 6 aliphatic rings. The van der Waals surface area contributed by atoms with Crippen molar-refractivity contribution >= 4 is 17.4 Å². The highest BCUT2D eigenvalue weighted by molar-refractivity contribution is 6.30. The number of aliphatic hydroxyl groups is 3. The molecule has 0 amide bonds. The lowest BCUT2D eigenvalue weighted by Crippen LogP contribution is -2.64. The molecule has 0 radical (unpaired) electrons. The van der Waals surface area contributed by atoms with E-state index < -0.39 is 65.1 Å². The minimum atomic E-state index is -1.93. The summed E-state index contributed by atoms with van der Waals surface area (Å²) < 4.78 is 19.4. The van der Waals surface area contributed by atoms with Crippen molar-refractivity contribution < 1.29 is 49.3 Å². The first-order chi connectivity index (χ1) is 21.3. The molecule has 6 N–H and O–H groups in total. The molecule has 2 bridgehead atoms. The summed E-state index contributed by atoms with van der Waals surface area (Å²) in [5, 5.41) is 58.1. The van der Waals surface area contributed by atoms with Crippen LogP contribution in [0.5, 0.6) is 11.5 Å². The maximum atomic E-state index is 13.8. The number of phenols is 2. The minimum Gasteiger partial charge on any atom is -0.507 e. The third-order valence-corrected chi connectivity index (χ3v) is 10.6. The quantitative estimate of drug-likeness (QED) is 0.251. The van der Waals surface area contributed by atoms with Crippen LogP contribution in [0.3, 0.4) is 0 Å². The van der Waals surface area contributed by atoms with Gasteiger partial charge in [-0.2, -0.15) is 0 Å². The molecule has 2 aromatic rings. The molecule has 2 saturated heterocycles. The van der Waals surface area contributed by atoms with Gasteiger partial charge >= 0.3 is 0 Å². The molecule has 0 aromatic heterocycles. The van der Waals surface area contributed by atoms with Crippen molar-refractivity contribution in [2.24, 2.45) is 4.99 Å². The third kappa shape index (κ3) is 3.66. The average Bonchev–Trinajstić information content (AvgIpc) is 3.62. The molecule has 9 atom stereocenters. The smallest absolute Gasteiger partial charge is 0.198 e. The summed E-state index contributed by atoms with van der Waals surface area (Å²) in [6.07, 6.45) is -2.86. The number of benzene rings is 2. The average molecular weight is 619 g/mol. The number of fused-ring (bicyclic) bond motifs is 8. The monoisotopic (exact) mass is 618 g/mol. The zero-order chi connectivity index (χ0) is 31.8. The molecule has 2 aliphatic carbocycles. The molecule has 0 saturated carbocycles. The molecular weight excluding hydrogens is 584 g/mol. The van der Waals surface area contributed by atoms with Crippen molar-refractivity contribution in [1.29, 1.82) is 0 Å². The molecule has 2 aromatic carbocycles. The molecule has 4 heterocycles. The standard InChI is InChI=1S/C33H34N2O10/c1-13(36)33(42)14(2)43-22(10-21(33)38)44-29-18-9-17-25(26(39)16-5-4-6-20(37)24(16)27(17)40)28(41)23(18)19-12-31(29,3)45-32(19)11-15-7-8-34-30(15)35-32/h4-6,9,11,13-14,19,21-22,29,36-38,41-42H,7-8,10,12H2,1-3H3,(H,34,35)/t13?,14?,19-,21?,22?,29+,31+,32?,33?/m0/s1. The first-order valence-corrected chi connectivity index (χ1v) is 15.2. The van der Waals surface area contributed by atoms with Gasteiger partial charge in [0.05, 0.1) is 35.0 Å². The fourth-order valence-electron chi connectivity index (χ4n) is 8.40. The Kier molecular flexibility index (Phi) is 5.90. The normalized spacial score (nSPS) is 38.2. The van der Waals surface area contributed by atoms with Crippen LogP contribution >= 0.6 is 0 Å². The van der Waals surface area contributed by atoms with Gasteiger partial charge in [0, 0.05) is 35.6 Å². The third-order valence-electron chi connectivity index (χ3n) is 10.6. The second-order valence-electron chi connectivity index (χ2n) is 13.3. The molecule has 4 aliphatic heterocycles. The maximum Gasteiger partial charge on any atom is 0.198 e. The summed E-state index contributed by atoms with van der Waals surface area (Å²) in [7, 11) is 0. The summed E-state index contributed by atoms with van der Waals surface area (Å²) in [5.41, 5.74) is -2.68. The SMILES string of the molecule is CC(O)C1(O)C(O)CC(O[C@@H]2c3cc4c(c(O)c3[C@@H]3C[C@@]2(C)OC32C=C3CCN=C3N2)C(=O)c2cccc(O)c2C4=O)OC1C. The highest BCUT2D eigenvalue weighted by Crippen LogP contribution is 2.63. The molecule has 12 heteroatoms.